The first-order valence-electron chi connectivity index (χ1n) is 6.15. The average molecular weight is 306 g/mol. The fourth-order valence-corrected chi connectivity index (χ4v) is 2.22. The van der Waals surface area contributed by atoms with Gasteiger partial charge in [0.1, 0.15) is 0 Å². The van der Waals surface area contributed by atoms with E-state index >= 15 is 0 Å². The molecule has 2 rings (SSSR count). The second-order valence-electron chi connectivity index (χ2n) is 4.59. The maximum atomic E-state index is 11.1. The third-order valence-electron chi connectivity index (χ3n) is 3.24. The summed E-state index contributed by atoms with van der Waals surface area (Å²) in [5.74, 6) is -1.48. The first-order chi connectivity index (χ1) is 9.95. The zero-order valence-corrected chi connectivity index (χ0v) is 11.7. The minimum absolute atomic E-state index is 0.236. The third kappa shape index (κ3) is 3.03. The van der Waals surface area contributed by atoms with Crippen molar-refractivity contribution in [3.05, 3.63) is 74.8 Å². The zero-order valence-electron chi connectivity index (χ0n) is 10.9. The molecule has 6 heteroatoms. The molecule has 0 fully saturated rings. The highest BCUT2D eigenvalue weighted by Gasteiger charge is 2.49. The third-order valence-corrected chi connectivity index (χ3v) is 3.56. The van der Waals surface area contributed by atoms with Gasteiger partial charge in [0.2, 0.25) is 0 Å². The Morgan fingerprint density at radius 3 is 2.52 bits per heavy atom. The van der Waals surface area contributed by atoms with Crippen molar-refractivity contribution < 1.29 is 14.8 Å². The van der Waals surface area contributed by atoms with Crippen molar-refractivity contribution in [1.29, 1.82) is 0 Å². The molecule has 0 amide bonds. The van der Waals surface area contributed by atoms with Crippen LogP contribution in [0.5, 0.6) is 0 Å². The molecule has 1 aliphatic carbocycles. The van der Waals surface area contributed by atoms with E-state index < -0.39 is 16.4 Å². The molecule has 0 aliphatic heterocycles. The molecular weight excluding hydrogens is 294 g/mol. The van der Waals surface area contributed by atoms with E-state index in [9.17, 15) is 14.9 Å². The van der Waals surface area contributed by atoms with E-state index in [1.54, 1.807) is 6.08 Å². The van der Waals surface area contributed by atoms with Crippen molar-refractivity contribution in [3.8, 4) is 0 Å². The SMILES string of the molecule is O=C(O)C1([N+](=O)[O-])C=CC(C(Cl)=Cc2ccccc2)=CC1. The molecule has 21 heavy (non-hydrogen) atoms. The van der Waals surface area contributed by atoms with Gasteiger partial charge in [0.05, 0.1) is 6.42 Å². The van der Waals surface area contributed by atoms with Crippen LogP contribution < -0.4 is 0 Å². The van der Waals surface area contributed by atoms with Gasteiger partial charge in [-0.25, -0.2) is 4.79 Å². The van der Waals surface area contributed by atoms with E-state index in [1.165, 1.54) is 12.2 Å². The lowest BCUT2D eigenvalue weighted by Gasteiger charge is -2.19. The molecule has 1 aromatic rings. The van der Waals surface area contributed by atoms with Crippen LogP contribution in [0.4, 0.5) is 0 Å². The van der Waals surface area contributed by atoms with Gasteiger partial charge in [-0.3, -0.25) is 10.1 Å². The number of carboxylic acid groups (broad SMARTS) is 1. The number of benzene rings is 1. The molecule has 1 N–H and O–H groups in total. The van der Waals surface area contributed by atoms with E-state index in [1.807, 2.05) is 30.3 Å². The Kier molecular flexibility index (Phi) is 4.23. The van der Waals surface area contributed by atoms with Crippen LogP contribution >= 0.6 is 11.6 Å². The fraction of sp³-hybridized carbons (Fsp3) is 0.133. The van der Waals surface area contributed by atoms with Gasteiger partial charge in [0, 0.05) is 16.0 Å². The van der Waals surface area contributed by atoms with Crippen LogP contribution in [0.3, 0.4) is 0 Å². The van der Waals surface area contributed by atoms with Crippen LogP contribution in [0.1, 0.15) is 12.0 Å². The van der Waals surface area contributed by atoms with Crippen LogP contribution in [0.15, 0.2) is 59.2 Å². The Morgan fingerprint density at radius 1 is 1.38 bits per heavy atom. The summed E-state index contributed by atoms with van der Waals surface area (Å²) in [5, 5.41) is 20.4. The van der Waals surface area contributed by atoms with E-state index in [4.69, 9.17) is 16.7 Å². The van der Waals surface area contributed by atoms with Crippen LogP contribution in [0.2, 0.25) is 0 Å². The predicted molar refractivity (Wildman–Crippen MR) is 79.5 cm³/mol. The second-order valence-corrected chi connectivity index (χ2v) is 4.99. The number of rotatable bonds is 4. The number of carboxylic acids is 1. The standard InChI is InChI=1S/C15H12ClNO4/c16-13(10-11-4-2-1-3-5-11)12-6-8-15(9-7-12,14(18)19)17(20)21/h1-8,10H,9H2,(H,18,19). The first kappa shape index (κ1) is 15.0. The summed E-state index contributed by atoms with van der Waals surface area (Å²) < 4.78 is 0. The largest absolute Gasteiger partial charge is 0.476 e. The van der Waals surface area contributed by atoms with Gasteiger partial charge in [0.25, 0.3) is 0 Å². The Labute approximate surface area is 126 Å². The van der Waals surface area contributed by atoms with E-state index in [2.05, 4.69) is 0 Å². The highest BCUT2D eigenvalue weighted by molar-refractivity contribution is 6.34. The van der Waals surface area contributed by atoms with Gasteiger partial charge in [-0.15, -0.1) is 0 Å². The van der Waals surface area contributed by atoms with Crippen molar-refractivity contribution in [2.45, 2.75) is 12.0 Å². The van der Waals surface area contributed by atoms with Gasteiger partial charge >= 0.3 is 11.5 Å². The number of nitrogens with zero attached hydrogens (tertiary/aromatic N) is 1. The quantitative estimate of drug-likeness (QED) is 0.684. The molecule has 108 valence electrons. The number of allylic oxidation sites excluding steroid dienone is 3. The molecule has 1 atom stereocenters. The Balaban J connectivity index is 2.25. The van der Waals surface area contributed by atoms with Crippen LogP contribution in [0, 0.1) is 10.1 Å². The summed E-state index contributed by atoms with van der Waals surface area (Å²) in [5.41, 5.74) is -0.645. The molecule has 1 aliphatic rings. The summed E-state index contributed by atoms with van der Waals surface area (Å²) >= 11 is 6.17. The van der Waals surface area contributed by atoms with Gasteiger partial charge in [-0.2, -0.15) is 0 Å². The van der Waals surface area contributed by atoms with Crippen LogP contribution in [0.25, 0.3) is 6.08 Å². The monoisotopic (exact) mass is 305 g/mol. The lowest BCUT2D eigenvalue weighted by Crippen LogP contribution is -2.45. The number of hydrogen-bond acceptors (Lipinski definition) is 3. The number of aliphatic carboxylic acids is 1. The number of carbonyl (C=O) groups is 1. The van der Waals surface area contributed by atoms with Gasteiger partial charge < -0.3 is 5.11 Å². The summed E-state index contributed by atoms with van der Waals surface area (Å²) in [6.07, 6.45) is 5.41. The summed E-state index contributed by atoms with van der Waals surface area (Å²) in [6, 6.07) is 9.35. The van der Waals surface area contributed by atoms with Gasteiger partial charge in [0.15, 0.2) is 0 Å². The molecule has 5 nitrogen and oxygen atoms in total. The normalized spacial score (nSPS) is 21.8. The van der Waals surface area contributed by atoms with Crippen molar-refractivity contribution in [2.75, 3.05) is 0 Å². The van der Waals surface area contributed by atoms with Crippen molar-refractivity contribution in [1.82, 2.24) is 0 Å². The van der Waals surface area contributed by atoms with E-state index in [-0.39, 0.29) is 6.42 Å². The van der Waals surface area contributed by atoms with Crippen LogP contribution in [-0.4, -0.2) is 21.5 Å². The van der Waals surface area contributed by atoms with Crippen molar-refractivity contribution in [2.24, 2.45) is 0 Å². The summed E-state index contributed by atoms with van der Waals surface area (Å²) in [7, 11) is 0. The van der Waals surface area contributed by atoms with Crippen molar-refractivity contribution >= 4 is 23.6 Å². The van der Waals surface area contributed by atoms with Crippen LogP contribution in [-0.2, 0) is 4.79 Å². The maximum Gasteiger partial charge on any atom is 0.387 e. The molecule has 0 saturated heterocycles. The number of hydrogen-bond donors (Lipinski definition) is 1. The minimum atomic E-state index is -2.10. The van der Waals surface area contributed by atoms with Gasteiger partial charge in [-0.1, -0.05) is 54.1 Å². The molecule has 0 bridgehead atoms. The summed E-state index contributed by atoms with van der Waals surface area (Å²) in [4.78, 5) is 21.3. The Bertz CT molecular complexity index is 648. The lowest BCUT2D eigenvalue weighted by atomic mass is 9.89. The minimum Gasteiger partial charge on any atom is -0.476 e. The molecule has 0 heterocycles. The topological polar surface area (TPSA) is 80.4 Å². The smallest absolute Gasteiger partial charge is 0.387 e. The highest BCUT2D eigenvalue weighted by atomic mass is 35.5. The molecule has 0 aromatic heterocycles. The molecule has 1 unspecified atom stereocenters. The summed E-state index contributed by atoms with van der Waals surface area (Å²) in [6.45, 7) is 0. The van der Waals surface area contributed by atoms with Crippen molar-refractivity contribution in [3.63, 3.8) is 0 Å². The average Bonchev–Trinajstić information content (AvgIpc) is 2.48. The highest BCUT2D eigenvalue weighted by Crippen LogP contribution is 2.30. The molecular formula is C15H12ClNO4. The Hall–Kier alpha value is -2.40. The second kappa shape index (κ2) is 5.93. The maximum absolute atomic E-state index is 11.1. The lowest BCUT2D eigenvalue weighted by molar-refractivity contribution is -0.540. The Morgan fingerprint density at radius 2 is 2.05 bits per heavy atom. The predicted octanol–water partition coefficient (Wildman–Crippen LogP) is 3.25. The zero-order chi connectivity index (χ0) is 15.5. The van der Waals surface area contributed by atoms with Gasteiger partial charge in [-0.05, 0) is 17.2 Å². The van der Waals surface area contributed by atoms with E-state index in [0.29, 0.717) is 10.6 Å². The number of nitro groups is 1. The molecule has 0 saturated carbocycles. The molecule has 0 radical (unpaired) electrons. The fourth-order valence-electron chi connectivity index (χ4n) is 1.96. The first-order valence-corrected chi connectivity index (χ1v) is 6.53. The molecule has 1 aromatic carbocycles. The number of halogens is 1. The molecule has 0 spiro atoms. The van der Waals surface area contributed by atoms with E-state index in [0.717, 1.165) is 11.6 Å².